The highest BCUT2D eigenvalue weighted by atomic mass is 35.5. The van der Waals surface area contributed by atoms with Crippen molar-refractivity contribution in [2.24, 2.45) is 5.92 Å². The number of ether oxygens (including phenoxy) is 2. The molecule has 0 spiro atoms. The van der Waals surface area contributed by atoms with Gasteiger partial charge in [0, 0.05) is 5.92 Å². The molecule has 8 nitrogen and oxygen atoms in total. The number of allylic oxidation sites excluding steroid dienone is 1. The van der Waals surface area contributed by atoms with Crippen molar-refractivity contribution in [1.82, 2.24) is 5.32 Å². The van der Waals surface area contributed by atoms with Gasteiger partial charge in [-0.3, -0.25) is 14.4 Å². The van der Waals surface area contributed by atoms with Gasteiger partial charge < -0.3 is 20.1 Å². The van der Waals surface area contributed by atoms with Gasteiger partial charge in [0.2, 0.25) is 11.8 Å². The fourth-order valence-electron chi connectivity index (χ4n) is 3.78. The molecule has 0 aromatic heterocycles. The molecule has 0 saturated heterocycles. The monoisotopic (exact) mass is 601 g/mol. The van der Waals surface area contributed by atoms with Crippen LogP contribution in [0, 0.1) is 17.2 Å². The van der Waals surface area contributed by atoms with Gasteiger partial charge in [-0.2, -0.15) is 18.4 Å². The lowest BCUT2D eigenvalue weighted by molar-refractivity contribution is -0.150. The quantitative estimate of drug-likeness (QED) is 0.302. The number of esters is 1. The summed E-state index contributed by atoms with van der Waals surface area (Å²) in [5, 5.41) is 14.8. The van der Waals surface area contributed by atoms with Crippen LogP contribution in [-0.2, 0) is 25.3 Å². The maximum Gasteiger partial charge on any atom is 0.416 e. The highest BCUT2D eigenvalue weighted by Crippen LogP contribution is 2.42. The largest absolute Gasteiger partial charge is 0.492 e. The van der Waals surface area contributed by atoms with Crippen LogP contribution in [0.25, 0.3) is 0 Å². The lowest BCUT2D eigenvalue weighted by atomic mass is 9.78. The molecule has 0 aliphatic carbocycles. The van der Waals surface area contributed by atoms with Gasteiger partial charge in [0.1, 0.15) is 11.7 Å². The van der Waals surface area contributed by atoms with Gasteiger partial charge in [-0.15, -0.1) is 0 Å². The van der Waals surface area contributed by atoms with Crippen molar-refractivity contribution in [3.63, 3.8) is 0 Å². The summed E-state index contributed by atoms with van der Waals surface area (Å²) in [5.74, 6) is -5.01. The molecule has 0 saturated carbocycles. The van der Waals surface area contributed by atoms with Crippen LogP contribution in [0.1, 0.15) is 24.0 Å². The smallest absolute Gasteiger partial charge is 0.416 e. The maximum atomic E-state index is 13.0. The van der Waals surface area contributed by atoms with Crippen molar-refractivity contribution in [2.45, 2.75) is 19.0 Å². The van der Waals surface area contributed by atoms with Gasteiger partial charge in [-0.1, -0.05) is 41.0 Å². The van der Waals surface area contributed by atoms with Crippen molar-refractivity contribution >= 4 is 58.4 Å². The van der Waals surface area contributed by atoms with E-state index in [-0.39, 0.29) is 26.3 Å². The van der Waals surface area contributed by atoms with Gasteiger partial charge in [0.05, 0.1) is 57.4 Å². The molecule has 2 aromatic carbocycles. The fourth-order valence-corrected chi connectivity index (χ4v) is 5.04. The average Bonchev–Trinajstić information content (AvgIpc) is 2.88. The summed E-state index contributed by atoms with van der Waals surface area (Å²) in [6.07, 6.45) is -4.65. The Kier molecular flexibility index (Phi) is 9.77. The first-order valence-electron chi connectivity index (χ1n) is 11.2. The zero-order valence-electron chi connectivity index (χ0n) is 20.3. The molecule has 0 unspecified atom stereocenters. The molecule has 0 fully saturated rings. The average molecular weight is 602 g/mol. The van der Waals surface area contributed by atoms with Gasteiger partial charge >= 0.3 is 12.1 Å². The Hall–Kier alpha value is -3.40. The van der Waals surface area contributed by atoms with Crippen LogP contribution in [-0.4, -0.2) is 37.3 Å². The summed E-state index contributed by atoms with van der Waals surface area (Å²) < 4.78 is 49.3. The predicted molar refractivity (Wildman–Crippen MR) is 139 cm³/mol. The van der Waals surface area contributed by atoms with Crippen LogP contribution in [0.4, 0.5) is 18.9 Å². The normalized spacial score (nSPS) is 17.2. The summed E-state index contributed by atoms with van der Waals surface area (Å²) in [6, 6.07) is 9.02. The van der Waals surface area contributed by atoms with Gasteiger partial charge in [0.15, 0.2) is 0 Å². The lowest BCUT2D eigenvalue weighted by Crippen LogP contribution is -2.44. The number of benzene rings is 2. The van der Waals surface area contributed by atoms with Crippen molar-refractivity contribution in [1.29, 1.82) is 5.26 Å². The van der Waals surface area contributed by atoms with E-state index < -0.39 is 47.1 Å². The lowest BCUT2D eigenvalue weighted by Gasteiger charge is -2.31. The van der Waals surface area contributed by atoms with E-state index in [1.165, 1.54) is 12.1 Å². The molecule has 0 bridgehead atoms. The van der Waals surface area contributed by atoms with Crippen LogP contribution in [0.3, 0.4) is 0 Å². The van der Waals surface area contributed by atoms with Gasteiger partial charge in [0.25, 0.3) is 0 Å². The van der Waals surface area contributed by atoms with Crippen LogP contribution in [0.5, 0.6) is 5.75 Å². The van der Waals surface area contributed by atoms with Crippen LogP contribution in [0.2, 0.25) is 10.0 Å². The predicted octanol–water partition coefficient (Wildman–Crippen LogP) is 5.52. The van der Waals surface area contributed by atoms with Gasteiger partial charge in [-0.25, -0.2) is 0 Å². The number of carbonyl (C=O) groups is 3. The Labute approximate surface area is 235 Å². The Balaban J connectivity index is 1.92. The molecule has 2 amide bonds. The standard InChI is InChI=1S/C25H20Cl2F3N3O5S/c1-3-38-18-7-4-12(8-16(18)27)20-14(10-31)23(33-22(35)21(20)24(36)37-2)39-11-19(34)32-17-9-13(25(28,29)30)5-6-15(17)26/h4-9,20-21H,3,11H2,1-2H3,(H,32,34)(H,33,35)/t20-,21-/m0/s1. The van der Waals surface area contributed by atoms with Crippen molar-refractivity contribution in [2.75, 3.05) is 24.8 Å². The van der Waals surface area contributed by atoms with Crippen LogP contribution >= 0.6 is 35.0 Å². The van der Waals surface area contributed by atoms with E-state index in [0.717, 1.165) is 31.0 Å². The van der Waals surface area contributed by atoms with E-state index >= 15 is 0 Å². The number of nitrogens with one attached hydrogen (secondary N) is 2. The van der Waals surface area contributed by atoms with E-state index in [2.05, 4.69) is 10.6 Å². The molecule has 14 heteroatoms. The molecule has 1 aliphatic heterocycles. The first-order chi connectivity index (χ1) is 18.4. The number of hydrogen-bond donors (Lipinski definition) is 2. The number of methoxy groups -OCH3 is 1. The molecule has 3 rings (SSSR count). The van der Waals surface area contributed by atoms with E-state index in [1.807, 2.05) is 6.07 Å². The minimum absolute atomic E-state index is 0.0112. The number of halogens is 5. The molecular formula is C25H20Cl2F3N3O5S. The summed E-state index contributed by atoms with van der Waals surface area (Å²) in [7, 11) is 1.10. The molecule has 206 valence electrons. The topological polar surface area (TPSA) is 118 Å². The highest BCUT2D eigenvalue weighted by Gasteiger charge is 2.44. The summed E-state index contributed by atoms with van der Waals surface area (Å²) in [6.45, 7) is 2.10. The highest BCUT2D eigenvalue weighted by molar-refractivity contribution is 8.03. The third-order valence-electron chi connectivity index (χ3n) is 5.51. The molecule has 0 radical (unpaired) electrons. The maximum absolute atomic E-state index is 13.0. The molecule has 2 N–H and O–H groups in total. The number of nitrogens with zero attached hydrogens (tertiary/aromatic N) is 1. The Morgan fingerprint density at radius 3 is 2.49 bits per heavy atom. The molecule has 39 heavy (non-hydrogen) atoms. The second-order valence-corrected chi connectivity index (χ2v) is 9.77. The van der Waals surface area contributed by atoms with Crippen molar-refractivity contribution < 1.29 is 37.0 Å². The first kappa shape index (κ1) is 30.1. The second-order valence-electron chi connectivity index (χ2n) is 7.97. The Bertz CT molecular complexity index is 1380. The fraction of sp³-hybridized carbons (Fsp3) is 0.280. The number of carbonyl (C=O) groups excluding carboxylic acids is 3. The van der Waals surface area contributed by atoms with E-state index in [9.17, 15) is 32.8 Å². The molecule has 2 atom stereocenters. The Morgan fingerprint density at radius 2 is 1.90 bits per heavy atom. The molecule has 1 heterocycles. The number of alkyl halides is 3. The first-order valence-corrected chi connectivity index (χ1v) is 12.9. The number of hydrogen-bond acceptors (Lipinski definition) is 7. The number of amides is 2. The minimum Gasteiger partial charge on any atom is -0.492 e. The number of nitriles is 1. The molecule has 2 aromatic rings. The third-order valence-corrected chi connectivity index (χ3v) is 7.16. The summed E-state index contributed by atoms with van der Waals surface area (Å²) in [4.78, 5) is 38.1. The summed E-state index contributed by atoms with van der Waals surface area (Å²) >= 11 is 13.0. The number of thioether (sulfide) groups is 1. The van der Waals surface area contributed by atoms with Gasteiger partial charge in [-0.05, 0) is 42.8 Å². The van der Waals surface area contributed by atoms with E-state index in [0.29, 0.717) is 24.0 Å². The second kappa shape index (κ2) is 12.6. The third kappa shape index (κ3) is 6.98. The van der Waals surface area contributed by atoms with E-state index in [1.54, 1.807) is 13.0 Å². The SMILES string of the molecule is CCOc1ccc([C@H]2C(C#N)=C(SCC(=O)Nc3cc(C(F)(F)F)ccc3Cl)NC(=O)[C@H]2C(=O)OC)cc1Cl. The number of anilines is 1. The zero-order valence-corrected chi connectivity index (χ0v) is 22.6. The Morgan fingerprint density at radius 1 is 1.18 bits per heavy atom. The minimum atomic E-state index is -4.65. The zero-order chi connectivity index (χ0) is 28.9. The molecule has 1 aliphatic rings. The van der Waals surface area contributed by atoms with Crippen molar-refractivity contribution in [3.05, 3.63) is 68.2 Å². The summed E-state index contributed by atoms with van der Waals surface area (Å²) in [5.41, 5.74) is -0.954. The molecular weight excluding hydrogens is 582 g/mol. The van der Waals surface area contributed by atoms with Crippen molar-refractivity contribution in [3.8, 4) is 11.8 Å². The number of rotatable bonds is 8. The van der Waals surface area contributed by atoms with E-state index in [4.69, 9.17) is 32.7 Å². The van der Waals surface area contributed by atoms with Crippen LogP contribution < -0.4 is 15.4 Å². The van der Waals surface area contributed by atoms with Crippen LogP contribution in [0.15, 0.2) is 47.0 Å².